The van der Waals surface area contributed by atoms with E-state index in [-0.39, 0.29) is 11.8 Å². The van der Waals surface area contributed by atoms with Gasteiger partial charge in [0, 0.05) is 17.2 Å². The fourth-order valence-corrected chi connectivity index (χ4v) is 3.39. The second-order valence-corrected chi connectivity index (χ2v) is 6.50. The lowest BCUT2D eigenvalue weighted by molar-refractivity contribution is -0.140. The molecule has 0 unspecified atom stereocenters. The fourth-order valence-electron chi connectivity index (χ4n) is 3.39. The number of para-hydroxylation sites is 1. The molecule has 1 amide bonds. The van der Waals surface area contributed by atoms with Crippen molar-refractivity contribution in [1.29, 1.82) is 0 Å². The normalized spacial score (nSPS) is 21.0. The molecule has 4 nitrogen and oxygen atoms in total. The lowest BCUT2D eigenvalue weighted by Crippen LogP contribution is -2.49. The van der Waals surface area contributed by atoms with Crippen LogP contribution < -0.4 is 4.90 Å². The topological polar surface area (TPSA) is 57.6 Å². The van der Waals surface area contributed by atoms with Crippen molar-refractivity contribution in [1.82, 2.24) is 0 Å². The molecule has 0 fully saturated rings. The van der Waals surface area contributed by atoms with E-state index in [2.05, 4.69) is 0 Å². The quantitative estimate of drug-likeness (QED) is 0.879. The molecule has 0 bridgehead atoms. The van der Waals surface area contributed by atoms with E-state index < -0.39 is 17.4 Å². The van der Waals surface area contributed by atoms with Crippen molar-refractivity contribution in [2.45, 2.75) is 32.4 Å². The standard InChI is InChI=1S/C20H21NO3/c1-13(2)21-17-12-8-7-11-16(17)20(24,19(21)23)14(3)18(22)15-9-5-4-6-10-15/h4-14,24H,1-3H3/t14-,20+/m1/s1. The maximum absolute atomic E-state index is 13.0. The third kappa shape index (κ3) is 2.26. The van der Waals surface area contributed by atoms with E-state index in [1.165, 1.54) is 0 Å². The van der Waals surface area contributed by atoms with Crippen LogP contribution in [0.4, 0.5) is 5.69 Å². The summed E-state index contributed by atoms with van der Waals surface area (Å²) in [5.74, 6) is -1.56. The van der Waals surface area contributed by atoms with Gasteiger partial charge >= 0.3 is 0 Å². The van der Waals surface area contributed by atoms with E-state index in [1.807, 2.05) is 32.0 Å². The highest BCUT2D eigenvalue weighted by Crippen LogP contribution is 2.46. The van der Waals surface area contributed by atoms with Gasteiger partial charge in [-0.2, -0.15) is 0 Å². The van der Waals surface area contributed by atoms with Crippen molar-refractivity contribution >= 4 is 17.4 Å². The Kier molecular flexibility index (Phi) is 4.01. The molecule has 0 aliphatic carbocycles. The van der Waals surface area contributed by atoms with Crippen molar-refractivity contribution in [2.75, 3.05) is 4.90 Å². The number of anilines is 1. The summed E-state index contributed by atoms with van der Waals surface area (Å²) in [5.41, 5.74) is -0.173. The van der Waals surface area contributed by atoms with Crippen molar-refractivity contribution in [3.8, 4) is 0 Å². The monoisotopic (exact) mass is 323 g/mol. The zero-order chi connectivity index (χ0) is 17.5. The minimum Gasteiger partial charge on any atom is -0.375 e. The molecule has 1 aliphatic rings. The molecular formula is C20H21NO3. The zero-order valence-corrected chi connectivity index (χ0v) is 14.1. The Bertz CT molecular complexity index is 784. The van der Waals surface area contributed by atoms with Gasteiger partial charge in [0.15, 0.2) is 11.4 Å². The summed E-state index contributed by atoms with van der Waals surface area (Å²) in [6, 6.07) is 15.8. The van der Waals surface area contributed by atoms with Crippen LogP contribution in [0.15, 0.2) is 54.6 Å². The largest absolute Gasteiger partial charge is 0.375 e. The minimum absolute atomic E-state index is 0.105. The summed E-state index contributed by atoms with van der Waals surface area (Å²) < 4.78 is 0. The maximum atomic E-state index is 13.0. The first kappa shape index (κ1) is 16.4. The van der Waals surface area contributed by atoms with Crippen molar-refractivity contribution < 1.29 is 14.7 Å². The SMILES string of the molecule is CC(C)N1C(=O)[C@](O)([C@H](C)C(=O)c2ccccc2)c2ccccc21. The number of fused-ring (bicyclic) bond motifs is 1. The zero-order valence-electron chi connectivity index (χ0n) is 14.1. The number of hydrogen-bond acceptors (Lipinski definition) is 3. The van der Waals surface area contributed by atoms with E-state index in [0.29, 0.717) is 16.8 Å². The predicted molar refractivity (Wildman–Crippen MR) is 92.9 cm³/mol. The number of ketones is 1. The minimum atomic E-state index is -1.84. The van der Waals surface area contributed by atoms with E-state index in [0.717, 1.165) is 0 Å². The van der Waals surface area contributed by atoms with E-state index in [9.17, 15) is 14.7 Å². The summed E-state index contributed by atoms with van der Waals surface area (Å²) >= 11 is 0. The molecule has 2 aromatic carbocycles. The van der Waals surface area contributed by atoms with Crippen molar-refractivity contribution in [2.24, 2.45) is 5.92 Å². The number of carbonyl (C=O) groups is 2. The van der Waals surface area contributed by atoms with Gasteiger partial charge in [-0.1, -0.05) is 55.5 Å². The average molecular weight is 323 g/mol. The summed E-state index contributed by atoms with van der Waals surface area (Å²) in [6.07, 6.45) is 0. The Morgan fingerprint density at radius 2 is 1.58 bits per heavy atom. The average Bonchev–Trinajstić information content (AvgIpc) is 2.83. The van der Waals surface area contributed by atoms with Gasteiger partial charge in [0.25, 0.3) is 5.91 Å². The van der Waals surface area contributed by atoms with Crippen LogP contribution in [0.2, 0.25) is 0 Å². The number of rotatable bonds is 4. The predicted octanol–water partition coefficient (Wildman–Crippen LogP) is 3.15. The lowest BCUT2D eigenvalue weighted by atomic mass is 9.79. The molecule has 1 aliphatic heterocycles. The first-order valence-corrected chi connectivity index (χ1v) is 8.13. The molecule has 0 saturated carbocycles. The molecule has 24 heavy (non-hydrogen) atoms. The van der Waals surface area contributed by atoms with Crippen LogP contribution in [-0.4, -0.2) is 22.8 Å². The Morgan fingerprint density at radius 1 is 1.00 bits per heavy atom. The van der Waals surface area contributed by atoms with Crippen LogP contribution in [-0.2, 0) is 10.4 Å². The second kappa shape index (κ2) is 5.87. The van der Waals surface area contributed by atoms with Gasteiger partial charge in [-0.25, -0.2) is 0 Å². The first-order valence-electron chi connectivity index (χ1n) is 8.13. The van der Waals surface area contributed by atoms with Gasteiger partial charge in [-0.3, -0.25) is 9.59 Å². The van der Waals surface area contributed by atoms with Crippen LogP contribution >= 0.6 is 0 Å². The highest BCUT2D eigenvalue weighted by Gasteiger charge is 2.55. The number of nitrogens with zero attached hydrogens (tertiary/aromatic N) is 1. The van der Waals surface area contributed by atoms with Crippen molar-refractivity contribution in [3.63, 3.8) is 0 Å². The molecule has 4 heteroatoms. The van der Waals surface area contributed by atoms with Crippen LogP contribution in [0.1, 0.15) is 36.7 Å². The molecule has 0 spiro atoms. The molecule has 1 heterocycles. The molecule has 0 radical (unpaired) electrons. The maximum Gasteiger partial charge on any atom is 0.264 e. The molecule has 0 aromatic heterocycles. The number of hydrogen-bond donors (Lipinski definition) is 1. The van der Waals surface area contributed by atoms with Crippen LogP contribution in [0, 0.1) is 5.92 Å². The number of benzene rings is 2. The van der Waals surface area contributed by atoms with E-state index >= 15 is 0 Å². The lowest BCUT2D eigenvalue weighted by Gasteiger charge is -2.29. The third-order valence-electron chi connectivity index (χ3n) is 4.71. The number of amides is 1. The molecule has 3 rings (SSSR count). The molecular weight excluding hydrogens is 302 g/mol. The molecule has 1 N–H and O–H groups in total. The van der Waals surface area contributed by atoms with Gasteiger partial charge in [0.05, 0.1) is 11.6 Å². The Morgan fingerprint density at radius 3 is 2.21 bits per heavy atom. The highest BCUT2D eigenvalue weighted by molar-refractivity contribution is 6.11. The molecule has 2 atom stereocenters. The Hall–Kier alpha value is -2.46. The summed E-state index contributed by atoms with van der Waals surface area (Å²) in [4.78, 5) is 27.4. The second-order valence-electron chi connectivity index (χ2n) is 6.50. The Labute approximate surface area is 141 Å². The highest BCUT2D eigenvalue weighted by atomic mass is 16.3. The van der Waals surface area contributed by atoms with Gasteiger partial charge in [0.2, 0.25) is 0 Å². The first-order chi connectivity index (χ1) is 11.4. The van der Waals surface area contributed by atoms with Crippen molar-refractivity contribution in [3.05, 3.63) is 65.7 Å². The van der Waals surface area contributed by atoms with Gasteiger partial charge < -0.3 is 10.0 Å². The van der Waals surface area contributed by atoms with E-state index in [1.54, 1.807) is 48.2 Å². The molecule has 2 aromatic rings. The summed E-state index contributed by atoms with van der Waals surface area (Å²) in [7, 11) is 0. The van der Waals surface area contributed by atoms with Gasteiger partial charge in [-0.15, -0.1) is 0 Å². The summed E-state index contributed by atoms with van der Waals surface area (Å²) in [5, 5.41) is 11.3. The Balaban J connectivity index is 2.09. The number of Topliss-reactive ketones (excluding diaryl/α,β-unsaturated/α-hetero) is 1. The molecule has 124 valence electrons. The third-order valence-corrected chi connectivity index (χ3v) is 4.71. The van der Waals surface area contributed by atoms with Crippen LogP contribution in [0.25, 0.3) is 0 Å². The van der Waals surface area contributed by atoms with Crippen LogP contribution in [0.5, 0.6) is 0 Å². The summed E-state index contributed by atoms with van der Waals surface area (Å²) in [6.45, 7) is 5.40. The van der Waals surface area contributed by atoms with Gasteiger partial charge in [-0.05, 0) is 19.9 Å². The van der Waals surface area contributed by atoms with Gasteiger partial charge in [0.1, 0.15) is 0 Å². The smallest absolute Gasteiger partial charge is 0.264 e. The number of carbonyl (C=O) groups excluding carboxylic acids is 2. The number of aliphatic hydroxyl groups is 1. The molecule has 0 saturated heterocycles. The van der Waals surface area contributed by atoms with Crippen LogP contribution in [0.3, 0.4) is 0 Å². The fraction of sp³-hybridized carbons (Fsp3) is 0.300. The van der Waals surface area contributed by atoms with E-state index in [4.69, 9.17) is 0 Å².